The lowest BCUT2D eigenvalue weighted by atomic mass is 10.2. The largest absolute Gasteiger partial charge is 0.389 e. The highest BCUT2D eigenvalue weighted by molar-refractivity contribution is 5.07. The maximum atomic E-state index is 9.81. The summed E-state index contributed by atoms with van der Waals surface area (Å²) in [5, 5.41) is 13.0. The molecule has 0 radical (unpaired) electrons. The van der Waals surface area contributed by atoms with E-state index in [1.165, 1.54) is 0 Å². The van der Waals surface area contributed by atoms with Gasteiger partial charge in [0.15, 0.2) is 0 Å². The van der Waals surface area contributed by atoms with Gasteiger partial charge in [-0.1, -0.05) is 6.07 Å². The van der Waals surface area contributed by atoms with Gasteiger partial charge < -0.3 is 19.9 Å². The monoisotopic (exact) mass is 268 g/mol. The number of aliphatic hydroxyl groups is 1. The normalized spacial score (nSPS) is 16.0. The molecule has 0 saturated heterocycles. The third-order valence-corrected chi connectivity index (χ3v) is 2.77. The Morgan fingerprint density at radius 3 is 2.74 bits per heavy atom. The van der Waals surface area contributed by atoms with E-state index in [-0.39, 0.29) is 12.1 Å². The average molecular weight is 268 g/mol. The van der Waals surface area contributed by atoms with E-state index in [9.17, 15) is 5.11 Å². The smallest absolute Gasteiger partial charge is 0.0898 e. The van der Waals surface area contributed by atoms with Crippen LogP contribution in [0.25, 0.3) is 0 Å². The molecule has 1 aromatic heterocycles. The van der Waals surface area contributed by atoms with Gasteiger partial charge in [0.2, 0.25) is 0 Å². The van der Waals surface area contributed by atoms with Gasteiger partial charge in [0, 0.05) is 25.9 Å². The number of aromatic nitrogens is 1. The highest BCUT2D eigenvalue weighted by Gasteiger charge is 2.11. The lowest BCUT2D eigenvalue weighted by Crippen LogP contribution is -2.33. The number of pyridine rings is 1. The summed E-state index contributed by atoms with van der Waals surface area (Å²) in [5.74, 6) is 0. The van der Waals surface area contributed by atoms with E-state index < -0.39 is 6.10 Å². The fraction of sp³-hybridized carbons (Fsp3) is 0.643. The molecular weight excluding hydrogens is 244 g/mol. The molecule has 0 aromatic carbocycles. The van der Waals surface area contributed by atoms with E-state index >= 15 is 0 Å². The molecular formula is C14H24N2O3. The molecule has 5 heteroatoms. The Kier molecular flexibility index (Phi) is 7.59. The number of hydrogen-bond donors (Lipinski definition) is 2. The van der Waals surface area contributed by atoms with Crippen molar-refractivity contribution in [3.8, 4) is 0 Å². The van der Waals surface area contributed by atoms with Crippen molar-refractivity contribution in [1.29, 1.82) is 0 Å². The van der Waals surface area contributed by atoms with E-state index in [0.29, 0.717) is 19.8 Å². The molecule has 1 heterocycles. The van der Waals surface area contributed by atoms with Crippen molar-refractivity contribution in [3.05, 3.63) is 30.1 Å². The predicted molar refractivity (Wildman–Crippen MR) is 74.0 cm³/mol. The Balaban J connectivity index is 2.21. The van der Waals surface area contributed by atoms with Crippen LogP contribution in [0.15, 0.2) is 24.4 Å². The fourth-order valence-electron chi connectivity index (χ4n) is 1.67. The molecule has 0 saturated carbocycles. The number of rotatable bonds is 9. The number of aliphatic hydroxyl groups excluding tert-OH is 1. The molecule has 3 atom stereocenters. The van der Waals surface area contributed by atoms with E-state index in [0.717, 1.165) is 5.69 Å². The minimum Gasteiger partial charge on any atom is -0.389 e. The second-order valence-electron chi connectivity index (χ2n) is 4.64. The third-order valence-electron chi connectivity index (χ3n) is 2.77. The standard InChI is InChI=1S/C14H24N2O3/c1-11(9-18-3)19-10-13(17)8-16-12(2)14-6-4-5-7-15-14/h4-7,11-13,16-17H,8-10H2,1-3H3/t11?,12-,13?/m0/s1. The van der Waals surface area contributed by atoms with Gasteiger partial charge >= 0.3 is 0 Å². The summed E-state index contributed by atoms with van der Waals surface area (Å²) in [6.07, 6.45) is 1.22. The van der Waals surface area contributed by atoms with Crippen molar-refractivity contribution in [1.82, 2.24) is 10.3 Å². The second kappa shape index (κ2) is 8.98. The molecule has 19 heavy (non-hydrogen) atoms. The van der Waals surface area contributed by atoms with Crippen LogP contribution in [0.5, 0.6) is 0 Å². The van der Waals surface area contributed by atoms with Crippen molar-refractivity contribution in [2.75, 3.05) is 26.9 Å². The van der Waals surface area contributed by atoms with Crippen molar-refractivity contribution < 1.29 is 14.6 Å². The first kappa shape index (κ1) is 16.0. The van der Waals surface area contributed by atoms with Crippen molar-refractivity contribution >= 4 is 0 Å². The van der Waals surface area contributed by atoms with Gasteiger partial charge in [0.1, 0.15) is 0 Å². The van der Waals surface area contributed by atoms with Crippen LogP contribution in [-0.2, 0) is 9.47 Å². The molecule has 5 nitrogen and oxygen atoms in total. The zero-order valence-corrected chi connectivity index (χ0v) is 11.9. The maximum absolute atomic E-state index is 9.81. The average Bonchev–Trinajstić information content (AvgIpc) is 2.44. The number of nitrogens with one attached hydrogen (secondary N) is 1. The maximum Gasteiger partial charge on any atom is 0.0898 e. The summed E-state index contributed by atoms with van der Waals surface area (Å²) in [4.78, 5) is 4.26. The van der Waals surface area contributed by atoms with Gasteiger partial charge in [-0.2, -0.15) is 0 Å². The van der Waals surface area contributed by atoms with E-state index in [1.54, 1.807) is 13.3 Å². The quantitative estimate of drug-likeness (QED) is 0.703. The molecule has 0 fully saturated rings. The van der Waals surface area contributed by atoms with Gasteiger partial charge in [-0.05, 0) is 26.0 Å². The zero-order valence-electron chi connectivity index (χ0n) is 11.9. The lowest BCUT2D eigenvalue weighted by molar-refractivity contribution is -0.0315. The molecule has 0 amide bonds. The summed E-state index contributed by atoms with van der Waals surface area (Å²) in [7, 11) is 1.63. The van der Waals surface area contributed by atoms with Gasteiger partial charge in [0.25, 0.3) is 0 Å². The van der Waals surface area contributed by atoms with Crippen LogP contribution in [0.2, 0.25) is 0 Å². The summed E-state index contributed by atoms with van der Waals surface area (Å²) in [5.41, 5.74) is 0.961. The van der Waals surface area contributed by atoms with Gasteiger partial charge in [-0.3, -0.25) is 4.98 Å². The summed E-state index contributed by atoms with van der Waals surface area (Å²) in [6, 6.07) is 5.90. The molecule has 0 spiro atoms. The Hall–Kier alpha value is -1.01. The second-order valence-corrected chi connectivity index (χ2v) is 4.64. The van der Waals surface area contributed by atoms with Crippen molar-refractivity contribution in [2.45, 2.75) is 32.1 Å². The minimum absolute atomic E-state index is 0.00661. The zero-order chi connectivity index (χ0) is 14.1. The minimum atomic E-state index is -0.537. The molecule has 0 aliphatic carbocycles. The van der Waals surface area contributed by atoms with Gasteiger partial charge in [0.05, 0.1) is 31.1 Å². The first-order chi connectivity index (χ1) is 9.13. The molecule has 108 valence electrons. The SMILES string of the molecule is COCC(C)OCC(O)CN[C@@H](C)c1ccccn1. The van der Waals surface area contributed by atoms with E-state index in [2.05, 4.69) is 10.3 Å². The van der Waals surface area contributed by atoms with Gasteiger partial charge in [-0.15, -0.1) is 0 Å². The molecule has 0 aliphatic heterocycles. The topological polar surface area (TPSA) is 63.6 Å². The summed E-state index contributed by atoms with van der Waals surface area (Å²) in [6.45, 7) is 5.23. The van der Waals surface area contributed by atoms with Crippen LogP contribution in [0.4, 0.5) is 0 Å². The Morgan fingerprint density at radius 2 is 2.11 bits per heavy atom. The van der Waals surface area contributed by atoms with Crippen LogP contribution >= 0.6 is 0 Å². The van der Waals surface area contributed by atoms with Gasteiger partial charge in [-0.25, -0.2) is 0 Å². The first-order valence-electron chi connectivity index (χ1n) is 6.56. The summed E-state index contributed by atoms with van der Waals surface area (Å²) >= 11 is 0. The Morgan fingerprint density at radius 1 is 1.32 bits per heavy atom. The molecule has 2 unspecified atom stereocenters. The fourth-order valence-corrected chi connectivity index (χ4v) is 1.67. The Labute approximate surface area is 115 Å². The van der Waals surface area contributed by atoms with Crippen molar-refractivity contribution in [3.63, 3.8) is 0 Å². The molecule has 0 bridgehead atoms. The van der Waals surface area contributed by atoms with Crippen molar-refractivity contribution in [2.24, 2.45) is 0 Å². The highest BCUT2D eigenvalue weighted by Crippen LogP contribution is 2.07. The lowest BCUT2D eigenvalue weighted by Gasteiger charge is -2.18. The Bertz CT molecular complexity index is 335. The number of ether oxygens (including phenoxy) is 2. The third kappa shape index (κ3) is 6.63. The number of hydrogen-bond acceptors (Lipinski definition) is 5. The molecule has 2 N–H and O–H groups in total. The molecule has 0 aliphatic rings. The number of nitrogens with zero attached hydrogens (tertiary/aromatic N) is 1. The van der Waals surface area contributed by atoms with Crippen LogP contribution < -0.4 is 5.32 Å². The summed E-state index contributed by atoms with van der Waals surface area (Å²) < 4.78 is 10.4. The number of methoxy groups -OCH3 is 1. The highest BCUT2D eigenvalue weighted by atomic mass is 16.5. The van der Waals surface area contributed by atoms with Crippen LogP contribution in [-0.4, -0.2) is 49.2 Å². The predicted octanol–water partition coefficient (Wildman–Crippen LogP) is 1.14. The van der Waals surface area contributed by atoms with Crippen LogP contribution in [0.3, 0.4) is 0 Å². The molecule has 1 aromatic rings. The molecule has 1 rings (SSSR count). The van der Waals surface area contributed by atoms with E-state index in [1.807, 2.05) is 32.0 Å². The first-order valence-corrected chi connectivity index (χ1v) is 6.56. The van der Waals surface area contributed by atoms with Crippen LogP contribution in [0, 0.1) is 0 Å². The van der Waals surface area contributed by atoms with Crippen LogP contribution in [0.1, 0.15) is 25.6 Å². The van der Waals surface area contributed by atoms with E-state index in [4.69, 9.17) is 9.47 Å².